The third-order valence-electron chi connectivity index (χ3n) is 3.61. The average Bonchev–Trinajstić information content (AvgIpc) is 2.57. The highest BCUT2D eigenvalue weighted by Crippen LogP contribution is 2.42. The van der Waals surface area contributed by atoms with Gasteiger partial charge in [-0.25, -0.2) is 0 Å². The number of amides is 1. The number of oxime groups is 1. The first-order valence-electron chi connectivity index (χ1n) is 6.13. The lowest BCUT2D eigenvalue weighted by molar-refractivity contribution is -0.128. The first kappa shape index (κ1) is 13.8. The first-order chi connectivity index (χ1) is 7.86. The Balaban J connectivity index is 2.49. The molecular weight excluding hydrogens is 218 g/mol. The van der Waals surface area contributed by atoms with Gasteiger partial charge < -0.3 is 16.3 Å². The van der Waals surface area contributed by atoms with Crippen molar-refractivity contribution in [3.63, 3.8) is 0 Å². The van der Waals surface area contributed by atoms with Gasteiger partial charge in [-0.2, -0.15) is 0 Å². The van der Waals surface area contributed by atoms with Crippen LogP contribution in [0.15, 0.2) is 5.16 Å². The van der Waals surface area contributed by atoms with Crippen LogP contribution in [-0.4, -0.2) is 23.0 Å². The van der Waals surface area contributed by atoms with Crippen LogP contribution in [-0.2, 0) is 4.79 Å². The Morgan fingerprint density at radius 3 is 2.76 bits per heavy atom. The lowest BCUT2D eigenvalue weighted by atomic mass is 9.81. The van der Waals surface area contributed by atoms with Crippen molar-refractivity contribution in [3.8, 4) is 0 Å². The number of carbonyl (C=O) groups excluding carboxylic acids is 1. The number of carbonyl (C=O) groups is 1. The predicted octanol–water partition coefficient (Wildman–Crippen LogP) is 1.45. The molecule has 1 saturated carbocycles. The second-order valence-electron chi connectivity index (χ2n) is 5.64. The average molecular weight is 241 g/mol. The number of amidine groups is 1. The van der Waals surface area contributed by atoms with Crippen molar-refractivity contribution in [1.82, 2.24) is 5.32 Å². The molecule has 5 nitrogen and oxygen atoms in total. The number of nitrogens with two attached hydrogens (primary N) is 1. The number of hydrogen-bond acceptors (Lipinski definition) is 3. The second-order valence-corrected chi connectivity index (χ2v) is 5.64. The maximum Gasteiger partial charge on any atom is 0.223 e. The summed E-state index contributed by atoms with van der Waals surface area (Å²) in [5.41, 5.74) is 5.49. The van der Waals surface area contributed by atoms with Gasteiger partial charge in [0.05, 0.1) is 0 Å². The predicted molar refractivity (Wildman–Crippen MR) is 66.8 cm³/mol. The van der Waals surface area contributed by atoms with Gasteiger partial charge in [0, 0.05) is 18.4 Å². The fraction of sp³-hybridized carbons (Fsp3) is 0.833. The Hall–Kier alpha value is -1.26. The summed E-state index contributed by atoms with van der Waals surface area (Å²) in [6.45, 7) is 6.13. The Labute approximate surface area is 102 Å². The van der Waals surface area contributed by atoms with Crippen LogP contribution in [0, 0.1) is 11.3 Å². The molecule has 1 fully saturated rings. The highest BCUT2D eigenvalue weighted by molar-refractivity contribution is 5.83. The number of rotatable bonds is 4. The highest BCUT2D eigenvalue weighted by Gasteiger charge is 2.39. The molecule has 0 radical (unpaired) electrons. The molecule has 0 bridgehead atoms. The Bertz CT molecular complexity index is 313. The van der Waals surface area contributed by atoms with E-state index >= 15 is 0 Å². The molecular formula is C12H23N3O2. The minimum absolute atomic E-state index is 0.0808. The van der Waals surface area contributed by atoms with E-state index in [1.54, 1.807) is 0 Å². The van der Waals surface area contributed by atoms with Gasteiger partial charge in [0.2, 0.25) is 5.91 Å². The van der Waals surface area contributed by atoms with Crippen LogP contribution in [0.3, 0.4) is 0 Å². The van der Waals surface area contributed by atoms with Crippen LogP contribution in [0.4, 0.5) is 0 Å². The van der Waals surface area contributed by atoms with Crippen LogP contribution in [0.1, 0.15) is 46.5 Å². The van der Waals surface area contributed by atoms with Crippen LogP contribution in [0.2, 0.25) is 0 Å². The summed E-state index contributed by atoms with van der Waals surface area (Å²) in [7, 11) is 0. The van der Waals surface area contributed by atoms with E-state index in [0.29, 0.717) is 6.42 Å². The van der Waals surface area contributed by atoms with Crippen molar-refractivity contribution in [3.05, 3.63) is 0 Å². The molecule has 0 aromatic heterocycles. The topological polar surface area (TPSA) is 87.7 Å². The molecule has 1 aliphatic carbocycles. The van der Waals surface area contributed by atoms with Crippen molar-refractivity contribution in [1.29, 1.82) is 0 Å². The van der Waals surface area contributed by atoms with Crippen molar-refractivity contribution >= 4 is 11.7 Å². The maximum absolute atomic E-state index is 12.1. The van der Waals surface area contributed by atoms with Crippen LogP contribution >= 0.6 is 0 Å². The van der Waals surface area contributed by atoms with Crippen molar-refractivity contribution < 1.29 is 10.0 Å². The summed E-state index contributed by atoms with van der Waals surface area (Å²) in [6.07, 6.45) is 3.53. The Kier molecular flexibility index (Phi) is 4.37. The zero-order valence-electron chi connectivity index (χ0n) is 10.9. The van der Waals surface area contributed by atoms with Gasteiger partial charge in [-0.3, -0.25) is 4.79 Å². The normalized spacial score (nSPS) is 25.6. The number of nitrogens with one attached hydrogen (secondary N) is 1. The molecule has 1 rings (SSSR count). The van der Waals surface area contributed by atoms with Crippen LogP contribution in [0.25, 0.3) is 0 Å². The van der Waals surface area contributed by atoms with E-state index in [0.717, 1.165) is 19.3 Å². The molecule has 1 aliphatic rings. The monoisotopic (exact) mass is 241 g/mol. The molecule has 0 spiro atoms. The Morgan fingerprint density at radius 2 is 2.29 bits per heavy atom. The van der Waals surface area contributed by atoms with Gasteiger partial charge in [-0.1, -0.05) is 25.4 Å². The molecule has 2 unspecified atom stereocenters. The summed E-state index contributed by atoms with van der Waals surface area (Å²) < 4.78 is 0. The summed E-state index contributed by atoms with van der Waals surface area (Å²) in [5, 5.41) is 14.3. The zero-order valence-corrected chi connectivity index (χ0v) is 10.9. The molecule has 1 amide bonds. The second kappa shape index (κ2) is 5.38. The minimum atomic E-state index is -0.102. The molecule has 98 valence electrons. The first-order valence-corrected chi connectivity index (χ1v) is 6.13. The minimum Gasteiger partial charge on any atom is -0.409 e. The quantitative estimate of drug-likeness (QED) is 0.301. The molecule has 0 saturated heterocycles. The summed E-state index contributed by atoms with van der Waals surface area (Å²) >= 11 is 0. The van der Waals surface area contributed by atoms with E-state index in [1.165, 1.54) is 0 Å². The molecule has 5 heteroatoms. The highest BCUT2D eigenvalue weighted by atomic mass is 16.4. The van der Waals surface area contributed by atoms with Crippen molar-refractivity contribution in [2.45, 2.75) is 52.5 Å². The molecule has 2 atom stereocenters. The van der Waals surface area contributed by atoms with Gasteiger partial charge in [-0.05, 0) is 25.2 Å². The van der Waals surface area contributed by atoms with Crippen LogP contribution < -0.4 is 11.1 Å². The van der Waals surface area contributed by atoms with Crippen LogP contribution in [0.5, 0.6) is 0 Å². The largest absolute Gasteiger partial charge is 0.409 e. The SMILES string of the molecule is CC(CC(N)=NO)NC(=O)C1CCCC1(C)C. The van der Waals surface area contributed by atoms with E-state index in [1.807, 2.05) is 6.92 Å². The fourth-order valence-corrected chi connectivity index (χ4v) is 2.56. The van der Waals surface area contributed by atoms with Crippen molar-refractivity contribution in [2.75, 3.05) is 0 Å². The van der Waals surface area contributed by atoms with E-state index in [4.69, 9.17) is 10.9 Å². The fourth-order valence-electron chi connectivity index (χ4n) is 2.56. The third-order valence-corrected chi connectivity index (χ3v) is 3.61. The van der Waals surface area contributed by atoms with Gasteiger partial charge >= 0.3 is 0 Å². The van der Waals surface area contributed by atoms with E-state index < -0.39 is 0 Å². The Morgan fingerprint density at radius 1 is 1.65 bits per heavy atom. The van der Waals surface area contributed by atoms with Gasteiger partial charge in [0.15, 0.2) is 0 Å². The number of hydrogen-bond donors (Lipinski definition) is 3. The maximum atomic E-state index is 12.1. The lowest BCUT2D eigenvalue weighted by Crippen LogP contribution is -2.42. The van der Waals surface area contributed by atoms with E-state index in [9.17, 15) is 4.79 Å². The molecule has 0 aliphatic heterocycles. The summed E-state index contributed by atoms with van der Waals surface area (Å²) in [4.78, 5) is 12.1. The van der Waals surface area contributed by atoms with Gasteiger partial charge in [-0.15, -0.1) is 0 Å². The zero-order chi connectivity index (χ0) is 13.1. The van der Waals surface area contributed by atoms with E-state index in [2.05, 4.69) is 24.3 Å². The molecule has 0 aromatic carbocycles. The smallest absolute Gasteiger partial charge is 0.223 e. The number of nitrogens with zero attached hydrogens (tertiary/aromatic N) is 1. The van der Waals surface area contributed by atoms with Gasteiger partial charge in [0.25, 0.3) is 0 Å². The lowest BCUT2D eigenvalue weighted by Gasteiger charge is -2.27. The third kappa shape index (κ3) is 3.61. The summed E-state index contributed by atoms with van der Waals surface area (Å²) in [6, 6.07) is -0.102. The van der Waals surface area contributed by atoms with Gasteiger partial charge in [0.1, 0.15) is 5.84 Å². The summed E-state index contributed by atoms with van der Waals surface area (Å²) in [5.74, 6) is 0.312. The van der Waals surface area contributed by atoms with E-state index in [-0.39, 0.29) is 29.1 Å². The molecule has 0 heterocycles. The van der Waals surface area contributed by atoms with Crippen molar-refractivity contribution in [2.24, 2.45) is 22.2 Å². The molecule has 0 aromatic rings. The molecule has 4 N–H and O–H groups in total. The standard InChI is InChI=1S/C12H23N3O2/c1-8(7-10(13)15-17)14-11(16)9-5-4-6-12(9,2)3/h8-9,17H,4-7H2,1-3H3,(H2,13,15)(H,14,16). The molecule has 17 heavy (non-hydrogen) atoms.